The van der Waals surface area contributed by atoms with Crippen molar-refractivity contribution in [3.05, 3.63) is 93.4 Å². The maximum absolute atomic E-state index is 12.7. The number of aromatic nitrogens is 5. The summed E-state index contributed by atoms with van der Waals surface area (Å²) in [6.45, 7) is 3.69. The average Bonchev–Trinajstić information content (AvgIpc) is 3.29. The van der Waals surface area contributed by atoms with E-state index in [0.29, 0.717) is 18.0 Å². The molecule has 3 heterocycles. The third kappa shape index (κ3) is 6.02. The van der Waals surface area contributed by atoms with Crippen LogP contribution in [0.3, 0.4) is 0 Å². The van der Waals surface area contributed by atoms with Gasteiger partial charge in [-0.05, 0) is 60.5 Å². The molecule has 38 heavy (non-hydrogen) atoms. The largest absolute Gasteiger partial charge is 0.481 e. The number of nitrogens with one attached hydrogen (secondary N) is 3. The summed E-state index contributed by atoms with van der Waals surface area (Å²) in [5, 5.41) is 22.9. The van der Waals surface area contributed by atoms with Crippen molar-refractivity contribution >= 4 is 17.5 Å². The number of fused-ring (bicyclic) bond motifs is 1. The minimum absolute atomic E-state index is 0.0145. The van der Waals surface area contributed by atoms with Gasteiger partial charge in [0.1, 0.15) is 17.6 Å². The number of benzene rings is 2. The minimum atomic E-state index is -0.833. The number of aromatic amines is 1. The normalized spacial score (nSPS) is 12.8. The Hall–Kier alpha value is -5.04. The molecule has 1 aliphatic rings. The van der Waals surface area contributed by atoms with Crippen molar-refractivity contribution in [2.45, 2.75) is 26.5 Å². The second kappa shape index (κ2) is 11.3. The minimum Gasteiger partial charge on any atom is -0.481 e. The summed E-state index contributed by atoms with van der Waals surface area (Å²) in [7, 11) is 0. The van der Waals surface area contributed by atoms with Gasteiger partial charge in [0.05, 0.1) is 6.61 Å². The number of carboxylic acid groups (broad SMARTS) is 1. The topological polar surface area (TPSA) is 194 Å². The smallest absolute Gasteiger partial charge is 0.350 e. The van der Waals surface area contributed by atoms with Crippen LogP contribution < -0.4 is 21.5 Å². The molecular formula is C25H26N8O5. The summed E-state index contributed by atoms with van der Waals surface area (Å²) in [5.74, 6) is 0.503. The number of carbonyl (C=O) groups is 1. The van der Waals surface area contributed by atoms with Gasteiger partial charge in [-0.3, -0.25) is 15.2 Å². The van der Waals surface area contributed by atoms with Gasteiger partial charge in [-0.15, -0.1) is 9.78 Å². The molecule has 5 rings (SSSR count). The lowest BCUT2D eigenvalue weighted by atomic mass is 9.98. The summed E-state index contributed by atoms with van der Waals surface area (Å²) < 4.78 is 12.2. The highest BCUT2D eigenvalue weighted by Crippen LogP contribution is 2.33. The van der Waals surface area contributed by atoms with Crippen LogP contribution >= 0.6 is 0 Å². The zero-order valence-corrected chi connectivity index (χ0v) is 20.6. The first-order chi connectivity index (χ1) is 18.2. The van der Waals surface area contributed by atoms with Crippen molar-refractivity contribution in [2.75, 3.05) is 12.1 Å². The molecule has 0 spiro atoms. The van der Waals surface area contributed by atoms with E-state index in [1.807, 2.05) is 31.2 Å². The molecule has 0 fully saturated rings. The quantitative estimate of drug-likeness (QED) is 0.186. The first-order valence-corrected chi connectivity index (χ1v) is 11.4. The van der Waals surface area contributed by atoms with Crippen molar-refractivity contribution < 1.29 is 19.4 Å². The molecule has 0 radical (unpaired) electrons. The number of aryl methyl sites for hydroxylation is 1. The molecular weight excluding hydrogens is 492 g/mol. The van der Waals surface area contributed by atoms with Crippen LogP contribution in [0.5, 0.6) is 5.75 Å². The number of aliphatic carboxylic acids is 1. The average molecular weight is 519 g/mol. The van der Waals surface area contributed by atoms with Crippen molar-refractivity contribution in [3.63, 3.8) is 0 Å². The van der Waals surface area contributed by atoms with E-state index in [4.69, 9.17) is 30.5 Å². The number of ether oxygens (including phenoxy) is 2. The highest BCUT2D eigenvalue weighted by atomic mass is 16.7. The fourth-order valence-electron chi connectivity index (χ4n) is 3.84. The molecule has 0 bridgehead atoms. The number of rotatable bonds is 6. The highest BCUT2D eigenvalue weighted by molar-refractivity contribution is 5.95. The Balaban J connectivity index is 0.000000786. The van der Waals surface area contributed by atoms with Crippen LogP contribution in [0.4, 0.5) is 5.69 Å². The van der Waals surface area contributed by atoms with E-state index in [9.17, 15) is 4.79 Å². The number of anilines is 1. The molecule has 4 aromatic rings. The molecule has 13 nitrogen and oxygen atoms in total. The van der Waals surface area contributed by atoms with Gasteiger partial charge >= 0.3 is 5.69 Å². The predicted octanol–water partition coefficient (Wildman–Crippen LogP) is 2.10. The number of hydrogen-bond donors (Lipinski definition) is 5. The van der Waals surface area contributed by atoms with Gasteiger partial charge in [0.25, 0.3) is 11.9 Å². The molecule has 2 aromatic carbocycles. The van der Waals surface area contributed by atoms with E-state index in [1.165, 1.54) is 0 Å². The maximum Gasteiger partial charge on any atom is 0.350 e. The maximum atomic E-state index is 12.7. The van der Waals surface area contributed by atoms with Crippen LogP contribution in [0.2, 0.25) is 0 Å². The Morgan fingerprint density at radius 1 is 1.24 bits per heavy atom. The Labute approximate surface area is 216 Å². The number of nitrogens with zero attached hydrogens (tertiary/aromatic N) is 4. The molecule has 1 aliphatic heterocycles. The van der Waals surface area contributed by atoms with E-state index in [-0.39, 0.29) is 18.6 Å². The first-order valence-electron chi connectivity index (χ1n) is 11.4. The number of nitrogens with two attached hydrogens (primary N) is 1. The fourth-order valence-corrected chi connectivity index (χ4v) is 3.84. The summed E-state index contributed by atoms with van der Waals surface area (Å²) in [5.41, 5.74) is 9.20. The molecule has 0 amide bonds. The van der Waals surface area contributed by atoms with E-state index in [1.54, 1.807) is 30.6 Å². The molecule has 2 aromatic heterocycles. The Kier molecular flexibility index (Phi) is 7.77. The van der Waals surface area contributed by atoms with Crippen LogP contribution in [0.25, 0.3) is 5.95 Å². The highest BCUT2D eigenvalue weighted by Gasteiger charge is 2.24. The molecule has 0 aliphatic carbocycles. The Bertz CT molecular complexity index is 1490. The predicted molar refractivity (Wildman–Crippen MR) is 137 cm³/mol. The number of amidine groups is 1. The van der Waals surface area contributed by atoms with Gasteiger partial charge in [-0.1, -0.05) is 0 Å². The Morgan fingerprint density at radius 2 is 1.92 bits per heavy atom. The van der Waals surface area contributed by atoms with Crippen LogP contribution in [-0.2, 0) is 16.1 Å². The molecule has 0 saturated heterocycles. The van der Waals surface area contributed by atoms with Crippen molar-refractivity contribution in [1.82, 2.24) is 24.7 Å². The van der Waals surface area contributed by atoms with Crippen LogP contribution in [0.1, 0.15) is 41.0 Å². The molecule has 13 heteroatoms. The summed E-state index contributed by atoms with van der Waals surface area (Å²) >= 11 is 0. The zero-order chi connectivity index (χ0) is 27.2. The SMILES string of the molecule is CC(=O)O.Cc1cc(C(Nc2ccc(C(=N)N)cc2)c2nn(-c3ncccn3)c(=O)[nH]2)cc2c1OCOC2. The standard InChI is InChI=1S/C23H22N8O3.C2H4O2/c1-13-9-15(10-16-11-33-12-34-19(13)16)18(28-17-5-3-14(4-6-17)20(24)25)21-29-23(32)31(30-21)22-26-7-2-8-27-22;1-2(3)4/h2-10,18,28H,11-12H2,1H3,(H3,24,25)(H,29,30,32);1H3,(H,3,4). The van der Waals surface area contributed by atoms with Crippen molar-refractivity contribution in [1.29, 1.82) is 5.41 Å². The Morgan fingerprint density at radius 3 is 2.58 bits per heavy atom. The summed E-state index contributed by atoms with van der Waals surface area (Å²) in [6.07, 6.45) is 3.09. The summed E-state index contributed by atoms with van der Waals surface area (Å²) in [4.78, 5) is 32.8. The number of nitrogen functional groups attached to an aromatic ring is 1. The van der Waals surface area contributed by atoms with Crippen molar-refractivity contribution in [3.8, 4) is 11.7 Å². The summed E-state index contributed by atoms with van der Waals surface area (Å²) in [6, 6.07) is 12.2. The van der Waals surface area contributed by atoms with E-state index in [0.717, 1.165) is 39.7 Å². The lowest BCUT2D eigenvalue weighted by Crippen LogP contribution is -2.18. The lowest BCUT2D eigenvalue weighted by Gasteiger charge is -2.24. The molecule has 196 valence electrons. The monoisotopic (exact) mass is 518 g/mol. The molecule has 0 saturated carbocycles. The molecule has 6 N–H and O–H groups in total. The van der Waals surface area contributed by atoms with Crippen LogP contribution in [-0.4, -0.2) is 48.4 Å². The second-order valence-corrected chi connectivity index (χ2v) is 8.30. The van der Waals surface area contributed by atoms with E-state index < -0.39 is 17.7 Å². The number of hydrogen-bond acceptors (Lipinski definition) is 9. The van der Waals surface area contributed by atoms with Gasteiger partial charge in [0.2, 0.25) is 0 Å². The number of H-pyrrole nitrogens is 1. The lowest BCUT2D eigenvalue weighted by molar-refractivity contribution is -0.134. The van der Waals surface area contributed by atoms with Crippen LogP contribution in [0, 0.1) is 12.3 Å². The van der Waals surface area contributed by atoms with Crippen molar-refractivity contribution in [2.24, 2.45) is 5.73 Å². The van der Waals surface area contributed by atoms with Gasteiger partial charge in [0, 0.05) is 36.1 Å². The first kappa shape index (κ1) is 26.0. The van der Waals surface area contributed by atoms with Gasteiger partial charge in [0.15, 0.2) is 12.6 Å². The van der Waals surface area contributed by atoms with E-state index >= 15 is 0 Å². The third-order valence-electron chi connectivity index (χ3n) is 5.41. The molecule has 1 unspecified atom stereocenters. The third-order valence-corrected chi connectivity index (χ3v) is 5.41. The zero-order valence-electron chi connectivity index (χ0n) is 20.6. The van der Waals surface area contributed by atoms with Gasteiger partial charge in [-0.2, -0.15) is 0 Å². The second-order valence-electron chi connectivity index (χ2n) is 8.30. The van der Waals surface area contributed by atoms with Gasteiger partial charge < -0.3 is 25.6 Å². The number of carboxylic acids is 1. The van der Waals surface area contributed by atoms with Gasteiger partial charge in [-0.25, -0.2) is 14.8 Å². The fraction of sp³-hybridized carbons (Fsp3) is 0.200. The van der Waals surface area contributed by atoms with Crippen LogP contribution in [0.15, 0.2) is 59.7 Å². The molecule has 1 atom stereocenters. The van der Waals surface area contributed by atoms with E-state index in [2.05, 4.69) is 25.4 Å².